The van der Waals surface area contributed by atoms with Crippen LogP contribution in [0, 0.1) is 5.82 Å². The Labute approximate surface area is 140 Å². The molecule has 1 aliphatic heterocycles. The zero-order valence-electron chi connectivity index (χ0n) is 15.0. The van der Waals surface area contributed by atoms with Crippen molar-refractivity contribution in [1.82, 2.24) is 9.88 Å². The van der Waals surface area contributed by atoms with Crippen LogP contribution in [0.15, 0.2) is 23.1 Å². The minimum absolute atomic E-state index is 0.111. The third-order valence-electron chi connectivity index (χ3n) is 4.66. The highest BCUT2D eigenvalue weighted by molar-refractivity contribution is 5.93. The molecule has 0 atom stereocenters. The number of piperazine rings is 1. The number of carboxylic acids is 1. The van der Waals surface area contributed by atoms with E-state index in [9.17, 15) is 14.0 Å². The molecule has 7 heteroatoms. The van der Waals surface area contributed by atoms with Gasteiger partial charge in [-0.2, -0.15) is 0 Å². The second-order valence-corrected chi connectivity index (χ2v) is 6.28. The van der Waals surface area contributed by atoms with Crippen molar-refractivity contribution < 1.29 is 15.7 Å². The normalized spacial score (nSPS) is 20.0. The van der Waals surface area contributed by atoms with Gasteiger partial charge in [0.05, 0.1) is 11.2 Å². The number of carbonyl (C=O) groups is 1. The van der Waals surface area contributed by atoms with E-state index in [1.807, 2.05) is 9.47 Å². The van der Waals surface area contributed by atoms with Crippen molar-refractivity contribution in [3.8, 4) is 0 Å². The molecule has 0 bridgehead atoms. The summed E-state index contributed by atoms with van der Waals surface area (Å²) in [6, 6.07) is 2.97. The number of hydrogen-bond acceptors (Lipinski definition) is 5. The van der Waals surface area contributed by atoms with E-state index in [1.54, 1.807) is 6.07 Å². The van der Waals surface area contributed by atoms with E-state index in [1.165, 1.54) is 17.6 Å². The van der Waals surface area contributed by atoms with Gasteiger partial charge in [0.25, 0.3) is 1.43 Å². The second-order valence-electron chi connectivity index (χ2n) is 6.28. The van der Waals surface area contributed by atoms with E-state index >= 15 is 0 Å². The Bertz CT molecular complexity index is 937. The maximum Gasteiger partial charge on any atom is 0.341 e. The van der Waals surface area contributed by atoms with Crippen LogP contribution >= 0.6 is 0 Å². The minimum Gasteiger partial charge on any atom is -0.477 e. The van der Waals surface area contributed by atoms with Gasteiger partial charge < -0.3 is 19.9 Å². The molecule has 1 aromatic carbocycles. The zero-order valence-corrected chi connectivity index (χ0v) is 13.0. The number of aromatic nitrogens is 1. The quantitative estimate of drug-likeness (QED) is 0.892. The first-order valence-electron chi connectivity index (χ1n) is 8.90. The third-order valence-corrected chi connectivity index (χ3v) is 4.66. The molecule has 0 amide bonds. The molecule has 0 radical (unpaired) electrons. The van der Waals surface area contributed by atoms with Crippen molar-refractivity contribution in [3.05, 3.63) is 39.9 Å². The van der Waals surface area contributed by atoms with Crippen LogP contribution in [-0.4, -0.2) is 41.8 Å². The highest BCUT2D eigenvalue weighted by Gasteiger charge is 2.28. The lowest BCUT2D eigenvalue weighted by molar-refractivity contribution is 0.0695. The van der Waals surface area contributed by atoms with Crippen LogP contribution in [0.2, 0.25) is 1.41 Å². The Morgan fingerprint density at radius 2 is 2.12 bits per heavy atom. The van der Waals surface area contributed by atoms with Crippen LogP contribution in [0.25, 0.3) is 12.3 Å². The van der Waals surface area contributed by atoms with E-state index in [2.05, 4.69) is 5.11 Å². The average Bonchev–Trinajstić information content (AvgIpc) is 3.47. The SMILES string of the molecule is [2H]OC(=O)c1cn(C2CC2)c2cc(N3CCN([2H])CC3)c(F)cc2c1=O. The summed E-state index contributed by atoms with van der Waals surface area (Å²) < 4.78 is 31.0. The fourth-order valence-electron chi connectivity index (χ4n) is 3.25. The molecular weight excluding hydrogens is 313 g/mol. The standard InChI is InChI=1S/C17H18FN3O3/c18-13-7-11-14(8-15(13)20-5-3-19-4-6-20)21(10-1-2-10)9-12(16(11)22)17(23)24/h7-10,19H,1-6H2,(H,23,24)/i/hD2. The summed E-state index contributed by atoms with van der Waals surface area (Å²) in [5, 5.41) is 5.50. The molecule has 2 aromatic rings. The Kier molecular flexibility index (Phi) is 3.02. The van der Waals surface area contributed by atoms with Gasteiger partial charge in [-0.1, -0.05) is 0 Å². The summed E-state index contributed by atoms with van der Waals surface area (Å²) in [5.41, 5.74) is 0.0869. The van der Waals surface area contributed by atoms with E-state index < -0.39 is 17.2 Å². The first-order chi connectivity index (χ1) is 12.5. The number of halogens is 1. The lowest BCUT2D eigenvalue weighted by Crippen LogP contribution is -2.43. The summed E-state index contributed by atoms with van der Waals surface area (Å²) >= 11 is 0. The monoisotopic (exact) mass is 333 g/mol. The number of pyridine rings is 1. The molecule has 1 saturated carbocycles. The second kappa shape index (κ2) is 5.59. The van der Waals surface area contributed by atoms with Crippen LogP contribution in [0.5, 0.6) is 0 Å². The van der Waals surface area contributed by atoms with Crippen molar-refractivity contribution in [2.75, 3.05) is 31.1 Å². The van der Waals surface area contributed by atoms with Crippen LogP contribution in [0.4, 0.5) is 10.1 Å². The van der Waals surface area contributed by atoms with Crippen molar-refractivity contribution in [1.29, 1.82) is 1.43 Å². The predicted octanol–water partition coefficient (Wildman–Crippen LogP) is 1.58. The molecule has 1 saturated heterocycles. The molecule has 2 aliphatic rings. The highest BCUT2D eigenvalue weighted by atomic mass is 19.1. The van der Waals surface area contributed by atoms with Crippen molar-refractivity contribution in [3.63, 3.8) is 0 Å². The number of fused-ring (bicyclic) bond motifs is 1. The van der Waals surface area contributed by atoms with Crippen LogP contribution < -0.4 is 15.6 Å². The van der Waals surface area contributed by atoms with Crippen LogP contribution in [0.3, 0.4) is 0 Å². The minimum atomic E-state index is -1.04. The summed E-state index contributed by atoms with van der Waals surface area (Å²) in [4.78, 5) is 26.2. The van der Waals surface area contributed by atoms with E-state index in [4.69, 9.17) is 2.84 Å². The molecule has 24 heavy (non-hydrogen) atoms. The smallest absolute Gasteiger partial charge is 0.341 e. The first kappa shape index (κ1) is 12.9. The topological polar surface area (TPSA) is 74.6 Å². The Morgan fingerprint density at radius 1 is 1.38 bits per heavy atom. The molecule has 0 spiro atoms. The van der Waals surface area contributed by atoms with Gasteiger partial charge in [0.2, 0.25) is 5.43 Å². The molecule has 126 valence electrons. The first-order valence-corrected chi connectivity index (χ1v) is 8.04. The summed E-state index contributed by atoms with van der Waals surface area (Å²) in [6.07, 6.45) is 3.25. The molecular formula is C17H18FN3O3. The van der Waals surface area contributed by atoms with Gasteiger partial charge in [-0.15, -0.1) is 0 Å². The van der Waals surface area contributed by atoms with Crippen LogP contribution in [-0.2, 0) is 0 Å². The molecule has 1 aromatic heterocycles. The molecule has 0 unspecified atom stereocenters. The van der Waals surface area contributed by atoms with Crippen molar-refractivity contribution >= 4 is 22.6 Å². The molecule has 2 N–H and O–H groups in total. The number of nitrogens with zero attached hydrogens (tertiary/aromatic N) is 2. The maximum absolute atomic E-state index is 14.7. The fraction of sp³-hybridized carbons (Fsp3) is 0.412. The summed E-state index contributed by atoms with van der Waals surface area (Å²) in [6.45, 7) is 2.09. The number of aromatic carboxylic acids is 1. The van der Waals surface area contributed by atoms with Gasteiger partial charge >= 0.3 is 5.97 Å². The Morgan fingerprint density at radius 3 is 2.79 bits per heavy atom. The molecule has 1 aliphatic carbocycles. The highest BCUT2D eigenvalue weighted by Crippen LogP contribution is 2.38. The van der Waals surface area contributed by atoms with Gasteiger partial charge in [-0.25, -0.2) is 9.18 Å². The molecule has 2 fully saturated rings. The number of carboxylic acid groups (broad SMARTS) is 1. The number of benzene rings is 1. The predicted molar refractivity (Wildman–Crippen MR) is 88.5 cm³/mol. The largest absolute Gasteiger partial charge is 0.477 e. The number of nitrogens with one attached hydrogen (secondary N) is 1. The fourth-order valence-corrected chi connectivity index (χ4v) is 3.25. The lowest BCUT2D eigenvalue weighted by atomic mass is 10.1. The van der Waals surface area contributed by atoms with Crippen molar-refractivity contribution in [2.45, 2.75) is 18.9 Å². The lowest BCUT2D eigenvalue weighted by Gasteiger charge is -2.30. The van der Waals surface area contributed by atoms with E-state index in [0.29, 0.717) is 37.4 Å². The summed E-state index contributed by atoms with van der Waals surface area (Å²) in [7, 11) is 0. The molecule has 2 heterocycles. The summed E-state index contributed by atoms with van der Waals surface area (Å²) in [5.74, 6) is -1.57. The number of anilines is 1. The van der Waals surface area contributed by atoms with Crippen molar-refractivity contribution in [2.24, 2.45) is 0 Å². The molecule has 4 rings (SSSR count). The van der Waals surface area contributed by atoms with Gasteiger partial charge in [0.1, 0.15) is 12.8 Å². The zero-order chi connectivity index (χ0) is 18.4. The van der Waals surface area contributed by atoms with Gasteiger partial charge in [-0.3, -0.25) is 4.79 Å². The maximum atomic E-state index is 14.7. The van der Waals surface area contributed by atoms with Gasteiger partial charge in [-0.05, 0) is 25.0 Å². The number of hydrogen-bond donors (Lipinski definition) is 2. The average molecular weight is 333 g/mol. The van der Waals surface area contributed by atoms with Gasteiger partial charge in [0.15, 0.2) is 0 Å². The Hall–Kier alpha value is -2.41. The molecule has 6 nitrogen and oxygen atoms in total. The van der Waals surface area contributed by atoms with E-state index in [0.717, 1.165) is 12.8 Å². The third kappa shape index (κ3) is 2.45. The Balaban J connectivity index is 1.88. The van der Waals surface area contributed by atoms with Gasteiger partial charge in [0, 0.05) is 43.8 Å². The van der Waals surface area contributed by atoms with Crippen LogP contribution in [0.1, 0.15) is 29.2 Å². The van der Waals surface area contributed by atoms with E-state index in [-0.39, 0.29) is 17.0 Å². The number of rotatable bonds is 3.